The van der Waals surface area contributed by atoms with Crippen LogP contribution in [-0.2, 0) is 0 Å². The monoisotopic (exact) mass is 445 g/mol. The van der Waals surface area contributed by atoms with E-state index in [-0.39, 0.29) is 30.1 Å². The standard InChI is InChI=1S/C18H27N3O2.HI/c1-13-7-9-14(10-8-13)21-18(19-2)20-11-15-12-22-16-5-3-4-6-17(16)23-15;/h3-6,13-15H,7-12H2,1-2H3,(H2,19,20,21);1H. The number of hydrogen-bond donors (Lipinski definition) is 2. The van der Waals surface area contributed by atoms with Gasteiger partial charge in [-0.15, -0.1) is 24.0 Å². The summed E-state index contributed by atoms with van der Waals surface area (Å²) in [5.74, 6) is 3.35. The highest BCUT2D eigenvalue weighted by atomic mass is 127. The molecule has 1 aliphatic carbocycles. The average Bonchev–Trinajstić information content (AvgIpc) is 2.60. The second-order valence-corrected chi connectivity index (χ2v) is 6.55. The molecular formula is C18H28IN3O2. The molecule has 0 bridgehead atoms. The second-order valence-electron chi connectivity index (χ2n) is 6.55. The van der Waals surface area contributed by atoms with E-state index in [1.807, 2.05) is 31.3 Å². The maximum Gasteiger partial charge on any atom is 0.191 e. The molecule has 1 atom stereocenters. The van der Waals surface area contributed by atoms with Crippen LogP contribution in [0.25, 0.3) is 0 Å². The van der Waals surface area contributed by atoms with Gasteiger partial charge in [0.2, 0.25) is 0 Å². The van der Waals surface area contributed by atoms with E-state index in [2.05, 4.69) is 22.5 Å². The lowest BCUT2D eigenvalue weighted by atomic mass is 9.87. The second kappa shape index (κ2) is 9.34. The van der Waals surface area contributed by atoms with Gasteiger partial charge in [0, 0.05) is 13.1 Å². The van der Waals surface area contributed by atoms with Gasteiger partial charge in [0.1, 0.15) is 12.7 Å². The van der Waals surface area contributed by atoms with Crippen LogP contribution in [0.3, 0.4) is 0 Å². The Morgan fingerprint density at radius 2 is 1.88 bits per heavy atom. The SMILES string of the molecule is CN=C(NCC1COc2ccccc2O1)NC1CCC(C)CC1.I. The van der Waals surface area contributed by atoms with Gasteiger partial charge < -0.3 is 20.1 Å². The molecule has 0 radical (unpaired) electrons. The summed E-state index contributed by atoms with van der Waals surface area (Å²) >= 11 is 0. The largest absolute Gasteiger partial charge is 0.486 e. The van der Waals surface area contributed by atoms with Gasteiger partial charge in [-0.3, -0.25) is 4.99 Å². The Hall–Kier alpha value is -1.18. The van der Waals surface area contributed by atoms with Crippen molar-refractivity contribution < 1.29 is 9.47 Å². The fourth-order valence-electron chi connectivity index (χ4n) is 3.17. The summed E-state index contributed by atoms with van der Waals surface area (Å²) in [6.45, 7) is 3.57. The van der Waals surface area contributed by atoms with Crippen LogP contribution in [-0.4, -0.2) is 38.3 Å². The fraction of sp³-hybridized carbons (Fsp3) is 0.611. The van der Waals surface area contributed by atoms with Crippen LogP contribution in [0.15, 0.2) is 29.3 Å². The fourth-order valence-corrected chi connectivity index (χ4v) is 3.17. The minimum atomic E-state index is -0.00479. The molecule has 1 aromatic rings. The van der Waals surface area contributed by atoms with E-state index < -0.39 is 0 Å². The summed E-state index contributed by atoms with van der Waals surface area (Å²) in [5, 5.41) is 6.89. The number of ether oxygens (including phenoxy) is 2. The minimum absolute atomic E-state index is 0. The minimum Gasteiger partial charge on any atom is -0.486 e. The van der Waals surface area contributed by atoms with Crippen molar-refractivity contribution in [1.82, 2.24) is 10.6 Å². The van der Waals surface area contributed by atoms with Gasteiger partial charge in [-0.2, -0.15) is 0 Å². The van der Waals surface area contributed by atoms with Gasteiger partial charge in [0.05, 0.1) is 6.54 Å². The van der Waals surface area contributed by atoms with Crippen molar-refractivity contribution in [3.8, 4) is 11.5 Å². The van der Waals surface area contributed by atoms with Crippen molar-refractivity contribution in [3.05, 3.63) is 24.3 Å². The number of nitrogens with one attached hydrogen (secondary N) is 2. The third kappa shape index (κ3) is 5.16. The highest BCUT2D eigenvalue weighted by Gasteiger charge is 2.22. The first kappa shape index (κ1) is 19.1. The molecule has 3 rings (SSSR count). The number of rotatable bonds is 3. The number of fused-ring (bicyclic) bond motifs is 1. The molecule has 0 amide bonds. The molecule has 1 aromatic carbocycles. The maximum atomic E-state index is 5.96. The number of nitrogens with zero attached hydrogens (tertiary/aromatic N) is 1. The van der Waals surface area contributed by atoms with E-state index in [4.69, 9.17) is 9.47 Å². The van der Waals surface area contributed by atoms with Crippen LogP contribution in [0.5, 0.6) is 11.5 Å². The van der Waals surface area contributed by atoms with E-state index in [0.717, 1.165) is 23.4 Å². The summed E-state index contributed by atoms with van der Waals surface area (Å²) in [4.78, 5) is 4.33. The summed E-state index contributed by atoms with van der Waals surface area (Å²) in [6.07, 6.45) is 5.03. The van der Waals surface area contributed by atoms with Crippen LogP contribution < -0.4 is 20.1 Å². The van der Waals surface area contributed by atoms with Gasteiger partial charge >= 0.3 is 0 Å². The topological polar surface area (TPSA) is 54.9 Å². The molecule has 0 saturated heterocycles. The Morgan fingerprint density at radius 3 is 2.58 bits per heavy atom. The Kier molecular flexibility index (Phi) is 7.45. The molecule has 1 unspecified atom stereocenters. The van der Waals surface area contributed by atoms with Crippen LogP contribution in [0.2, 0.25) is 0 Å². The summed E-state index contributed by atoms with van der Waals surface area (Å²) < 4.78 is 11.7. The molecule has 5 nitrogen and oxygen atoms in total. The average molecular weight is 445 g/mol. The van der Waals surface area contributed by atoms with Gasteiger partial charge in [-0.05, 0) is 43.7 Å². The summed E-state index contributed by atoms with van der Waals surface area (Å²) in [6, 6.07) is 8.32. The Bertz CT molecular complexity index is 545. The van der Waals surface area contributed by atoms with Gasteiger partial charge in [0.15, 0.2) is 17.5 Å². The number of para-hydroxylation sites is 2. The lowest BCUT2D eigenvalue weighted by Gasteiger charge is -2.30. The maximum absolute atomic E-state index is 5.96. The first-order valence-corrected chi connectivity index (χ1v) is 8.60. The third-order valence-electron chi connectivity index (χ3n) is 4.65. The molecule has 1 saturated carbocycles. The number of halogens is 1. The van der Waals surface area contributed by atoms with Crippen molar-refractivity contribution in [2.45, 2.75) is 44.8 Å². The van der Waals surface area contributed by atoms with E-state index in [1.54, 1.807) is 0 Å². The van der Waals surface area contributed by atoms with E-state index in [0.29, 0.717) is 19.2 Å². The molecule has 24 heavy (non-hydrogen) atoms. The molecule has 1 heterocycles. The Balaban J connectivity index is 0.00000208. The zero-order chi connectivity index (χ0) is 16.1. The zero-order valence-corrected chi connectivity index (χ0v) is 16.8. The van der Waals surface area contributed by atoms with Crippen LogP contribution in [0.4, 0.5) is 0 Å². The molecule has 2 N–H and O–H groups in total. The number of guanidine groups is 1. The molecule has 6 heteroatoms. The molecule has 0 aromatic heterocycles. The quantitative estimate of drug-likeness (QED) is 0.427. The molecule has 134 valence electrons. The smallest absolute Gasteiger partial charge is 0.191 e. The normalized spacial score (nSPS) is 26.2. The molecule has 2 aliphatic rings. The molecule has 1 fully saturated rings. The highest BCUT2D eigenvalue weighted by molar-refractivity contribution is 14.0. The highest BCUT2D eigenvalue weighted by Crippen LogP contribution is 2.30. The van der Waals surface area contributed by atoms with Gasteiger partial charge in [-0.1, -0.05) is 19.1 Å². The predicted octanol–water partition coefficient (Wildman–Crippen LogP) is 3.19. The lowest BCUT2D eigenvalue weighted by molar-refractivity contribution is 0.0935. The first-order chi connectivity index (χ1) is 11.2. The first-order valence-electron chi connectivity index (χ1n) is 8.60. The van der Waals surface area contributed by atoms with Crippen molar-refractivity contribution in [2.24, 2.45) is 10.9 Å². The lowest BCUT2D eigenvalue weighted by Crippen LogP contribution is -2.48. The molecule has 1 aliphatic heterocycles. The van der Waals surface area contributed by atoms with Gasteiger partial charge in [0.25, 0.3) is 0 Å². The van der Waals surface area contributed by atoms with Crippen LogP contribution in [0, 0.1) is 5.92 Å². The predicted molar refractivity (Wildman–Crippen MR) is 108 cm³/mol. The van der Waals surface area contributed by atoms with Crippen LogP contribution >= 0.6 is 24.0 Å². The van der Waals surface area contributed by atoms with E-state index >= 15 is 0 Å². The third-order valence-corrected chi connectivity index (χ3v) is 4.65. The zero-order valence-electron chi connectivity index (χ0n) is 14.5. The Labute approximate surface area is 161 Å². The van der Waals surface area contributed by atoms with Crippen molar-refractivity contribution in [3.63, 3.8) is 0 Å². The molecule has 0 spiro atoms. The van der Waals surface area contributed by atoms with Crippen molar-refractivity contribution >= 4 is 29.9 Å². The number of benzene rings is 1. The Morgan fingerprint density at radius 1 is 1.17 bits per heavy atom. The number of aliphatic imine (C=N–C) groups is 1. The summed E-state index contributed by atoms with van der Waals surface area (Å²) in [7, 11) is 1.81. The molecular weight excluding hydrogens is 417 g/mol. The van der Waals surface area contributed by atoms with Gasteiger partial charge in [-0.25, -0.2) is 0 Å². The van der Waals surface area contributed by atoms with Crippen molar-refractivity contribution in [2.75, 3.05) is 20.2 Å². The summed E-state index contributed by atoms with van der Waals surface area (Å²) in [5.41, 5.74) is 0. The van der Waals surface area contributed by atoms with Crippen LogP contribution in [0.1, 0.15) is 32.6 Å². The number of hydrogen-bond acceptors (Lipinski definition) is 3. The van der Waals surface area contributed by atoms with E-state index in [9.17, 15) is 0 Å². The van der Waals surface area contributed by atoms with E-state index in [1.165, 1.54) is 25.7 Å². The van der Waals surface area contributed by atoms with Crippen molar-refractivity contribution in [1.29, 1.82) is 0 Å².